The quantitative estimate of drug-likeness (QED) is 0.679. The Bertz CT molecular complexity index is 244. The van der Waals surface area contributed by atoms with Crippen molar-refractivity contribution in [1.82, 2.24) is 0 Å². The number of carboxylic acid groups (broad SMARTS) is 1. The fraction of sp³-hybridized carbons (Fsp3) is 0.800. The first-order valence-electron chi connectivity index (χ1n) is 4.83. The molecule has 88 valence electrons. The van der Waals surface area contributed by atoms with Crippen molar-refractivity contribution in [1.29, 1.82) is 0 Å². The van der Waals surface area contributed by atoms with Crippen LogP contribution >= 0.6 is 0 Å². The van der Waals surface area contributed by atoms with Gasteiger partial charge >= 0.3 is 11.9 Å². The van der Waals surface area contributed by atoms with Crippen molar-refractivity contribution in [3.8, 4) is 0 Å². The highest BCUT2D eigenvalue weighted by atomic mass is 16.6. The van der Waals surface area contributed by atoms with E-state index in [2.05, 4.69) is 0 Å². The average Bonchev–Trinajstić information content (AvgIpc) is 1.98. The summed E-state index contributed by atoms with van der Waals surface area (Å²) >= 11 is 0. The molecule has 0 saturated carbocycles. The Labute approximate surface area is 89.6 Å². The highest BCUT2D eigenvalue weighted by Crippen LogP contribution is 2.13. The minimum Gasteiger partial charge on any atom is -0.480 e. The van der Waals surface area contributed by atoms with Crippen molar-refractivity contribution in [2.75, 3.05) is 0 Å². The van der Waals surface area contributed by atoms with Crippen molar-refractivity contribution in [2.24, 2.45) is 11.7 Å². The van der Waals surface area contributed by atoms with E-state index in [4.69, 9.17) is 15.6 Å². The number of esters is 1. The van der Waals surface area contributed by atoms with Gasteiger partial charge in [0.2, 0.25) is 0 Å². The number of carbonyl (C=O) groups excluding carboxylic acids is 1. The van der Waals surface area contributed by atoms with Gasteiger partial charge in [0.1, 0.15) is 11.6 Å². The van der Waals surface area contributed by atoms with E-state index in [1.807, 2.05) is 0 Å². The predicted molar refractivity (Wildman–Crippen MR) is 55.2 cm³/mol. The van der Waals surface area contributed by atoms with E-state index in [0.717, 1.165) is 0 Å². The van der Waals surface area contributed by atoms with Crippen molar-refractivity contribution < 1.29 is 19.4 Å². The van der Waals surface area contributed by atoms with Gasteiger partial charge in [-0.25, -0.2) is 0 Å². The topological polar surface area (TPSA) is 89.6 Å². The maximum absolute atomic E-state index is 11.3. The summed E-state index contributed by atoms with van der Waals surface area (Å²) in [5, 5.41) is 8.62. The summed E-state index contributed by atoms with van der Waals surface area (Å²) in [6.45, 7) is 6.88. The van der Waals surface area contributed by atoms with Gasteiger partial charge in [0, 0.05) is 0 Å². The zero-order chi connectivity index (χ0) is 12.2. The van der Waals surface area contributed by atoms with Crippen LogP contribution < -0.4 is 5.73 Å². The Balaban J connectivity index is 4.13. The Morgan fingerprint density at radius 1 is 1.40 bits per heavy atom. The number of carboxylic acids is 1. The van der Waals surface area contributed by atoms with Crippen LogP contribution in [0.1, 0.15) is 34.1 Å². The number of aliphatic carboxylic acids is 1. The molecule has 0 saturated heterocycles. The fourth-order valence-corrected chi connectivity index (χ4v) is 1.02. The normalized spacial score (nSPS) is 15.5. The van der Waals surface area contributed by atoms with Crippen LogP contribution in [-0.2, 0) is 14.3 Å². The molecule has 2 atom stereocenters. The molecule has 0 fully saturated rings. The van der Waals surface area contributed by atoms with Crippen LogP contribution in [-0.4, -0.2) is 28.7 Å². The first kappa shape index (κ1) is 13.9. The Morgan fingerprint density at radius 2 is 1.87 bits per heavy atom. The molecule has 0 bridgehead atoms. The van der Waals surface area contributed by atoms with Crippen molar-refractivity contribution in [3.63, 3.8) is 0 Å². The van der Waals surface area contributed by atoms with Gasteiger partial charge in [0.05, 0.1) is 6.42 Å². The summed E-state index contributed by atoms with van der Waals surface area (Å²) in [5.74, 6) is -1.96. The van der Waals surface area contributed by atoms with Crippen LogP contribution in [0.5, 0.6) is 0 Å². The van der Waals surface area contributed by atoms with Gasteiger partial charge < -0.3 is 15.6 Å². The van der Waals surface area contributed by atoms with Crippen LogP contribution in [0.15, 0.2) is 0 Å². The van der Waals surface area contributed by atoms with Gasteiger partial charge in [-0.05, 0) is 26.7 Å². The molecule has 15 heavy (non-hydrogen) atoms. The van der Waals surface area contributed by atoms with E-state index in [-0.39, 0.29) is 6.42 Å². The standard InChI is InChI=1S/C10H19NO4/c1-6(8(11)9(13)14)5-7(12)15-10(2,3)4/h6,8H,5,11H2,1-4H3,(H,13,14)/t6?,8-/m0/s1. The second-order valence-corrected chi connectivity index (χ2v) is 4.63. The molecule has 0 aromatic rings. The van der Waals surface area contributed by atoms with E-state index in [1.54, 1.807) is 27.7 Å². The monoisotopic (exact) mass is 217 g/mol. The largest absolute Gasteiger partial charge is 0.480 e. The van der Waals surface area contributed by atoms with Crippen LogP contribution in [0.4, 0.5) is 0 Å². The molecular formula is C10H19NO4. The van der Waals surface area contributed by atoms with Crippen LogP contribution in [0, 0.1) is 5.92 Å². The molecule has 5 nitrogen and oxygen atoms in total. The molecule has 1 unspecified atom stereocenters. The Morgan fingerprint density at radius 3 is 2.20 bits per heavy atom. The van der Waals surface area contributed by atoms with Crippen molar-refractivity contribution in [3.05, 3.63) is 0 Å². The van der Waals surface area contributed by atoms with Crippen LogP contribution in [0.25, 0.3) is 0 Å². The summed E-state index contributed by atoms with van der Waals surface area (Å²) in [7, 11) is 0. The lowest BCUT2D eigenvalue weighted by atomic mass is 9.99. The second-order valence-electron chi connectivity index (χ2n) is 4.63. The van der Waals surface area contributed by atoms with Gasteiger partial charge in [-0.1, -0.05) is 6.92 Å². The molecule has 0 aromatic heterocycles. The molecule has 0 heterocycles. The maximum Gasteiger partial charge on any atom is 0.320 e. The summed E-state index contributed by atoms with van der Waals surface area (Å²) in [6, 6.07) is -1.03. The molecule has 0 spiro atoms. The number of hydrogen-bond donors (Lipinski definition) is 2. The molecule has 0 aromatic carbocycles. The number of hydrogen-bond acceptors (Lipinski definition) is 4. The molecule has 3 N–H and O–H groups in total. The first-order chi connectivity index (χ1) is 6.63. The van der Waals surface area contributed by atoms with E-state index in [0.29, 0.717) is 0 Å². The smallest absolute Gasteiger partial charge is 0.320 e. The van der Waals surface area contributed by atoms with Gasteiger partial charge in [-0.15, -0.1) is 0 Å². The summed E-state index contributed by atoms with van der Waals surface area (Å²) in [5.41, 5.74) is 4.81. The third-order valence-corrected chi connectivity index (χ3v) is 1.81. The summed E-state index contributed by atoms with van der Waals surface area (Å²) in [6.07, 6.45) is 0.0186. The molecule has 5 heteroatoms. The lowest BCUT2D eigenvalue weighted by Crippen LogP contribution is -2.38. The number of carbonyl (C=O) groups is 2. The maximum atomic E-state index is 11.3. The molecule has 0 amide bonds. The molecule has 0 aliphatic rings. The molecule has 0 radical (unpaired) electrons. The number of ether oxygens (including phenoxy) is 1. The number of nitrogens with two attached hydrogens (primary N) is 1. The third-order valence-electron chi connectivity index (χ3n) is 1.81. The Hall–Kier alpha value is -1.10. The van der Waals surface area contributed by atoms with Gasteiger partial charge in [0.15, 0.2) is 0 Å². The highest BCUT2D eigenvalue weighted by Gasteiger charge is 2.25. The SMILES string of the molecule is CC(CC(=O)OC(C)(C)C)[C@H](N)C(=O)O. The van der Waals surface area contributed by atoms with E-state index in [9.17, 15) is 9.59 Å². The van der Waals surface area contributed by atoms with Gasteiger partial charge in [-0.2, -0.15) is 0 Å². The van der Waals surface area contributed by atoms with E-state index in [1.165, 1.54) is 0 Å². The predicted octanol–water partition coefficient (Wildman–Crippen LogP) is 0.766. The minimum absolute atomic E-state index is 0.0186. The summed E-state index contributed by atoms with van der Waals surface area (Å²) < 4.78 is 5.05. The van der Waals surface area contributed by atoms with Crippen molar-refractivity contribution in [2.45, 2.75) is 45.8 Å². The fourth-order valence-electron chi connectivity index (χ4n) is 1.02. The van der Waals surface area contributed by atoms with Gasteiger partial charge in [-0.3, -0.25) is 9.59 Å². The summed E-state index contributed by atoms with van der Waals surface area (Å²) in [4.78, 5) is 21.9. The second kappa shape index (κ2) is 5.11. The Kier molecular flexibility index (Phi) is 4.74. The molecular weight excluding hydrogens is 198 g/mol. The van der Waals surface area contributed by atoms with Crippen LogP contribution in [0.2, 0.25) is 0 Å². The van der Waals surface area contributed by atoms with E-state index < -0.39 is 29.5 Å². The minimum atomic E-state index is -1.11. The molecule has 0 aliphatic heterocycles. The van der Waals surface area contributed by atoms with Crippen molar-refractivity contribution >= 4 is 11.9 Å². The van der Waals surface area contributed by atoms with E-state index >= 15 is 0 Å². The zero-order valence-corrected chi connectivity index (χ0v) is 9.61. The van der Waals surface area contributed by atoms with Gasteiger partial charge in [0.25, 0.3) is 0 Å². The number of rotatable bonds is 4. The highest BCUT2D eigenvalue weighted by molar-refractivity contribution is 5.76. The van der Waals surface area contributed by atoms with Crippen LogP contribution in [0.3, 0.4) is 0 Å². The molecule has 0 rings (SSSR count). The first-order valence-corrected chi connectivity index (χ1v) is 4.83. The average molecular weight is 217 g/mol. The zero-order valence-electron chi connectivity index (χ0n) is 9.61. The third kappa shape index (κ3) is 6.06. The lowest BCUT2D eigenvalue weighted by Gasteiger charge is -2.21. The lowest BCUT2D eigenvalue weighted by molar-refractivity contribution is -0.156. The molecule has 0 aliphatic carbocycles.